The molecule has 6 heteroatoms. The molecule has 0 saturated heterocycles. The van der Waals surface area contributed by atoms with Crippen LogP contribution in [0.25, 0.3) is 127 Å². The van der Waals surface area contributed by atoms with Crippen molar-refractivity contribution in [2.75, 3.05) is 0 Å². The van der Waals surface area contributed by atoms with Crippen molar-refractivity contribution < 1.29 is 4.42 Å². The van der Waals surface area contributed by atoms with E-state index >= 15 is 0 Å². The Bertz CT molecular complexity index is 4530. The third-order valence-electron chi connectivity index (χ3n) is 13.9. The summed E-state index contributed by atoms with van der Waals surface area (Å²) < 4.78 is 13.7. The first-order chi connectivity index (χ1) is 33.7. The molecule has 14 aromatic rings. The summed E-state index contributed by atoms with van der Waals surface area (Å²) in [5.41, 5.74) is 15.2. The Kier molecular flexibility index (Phi) is 8.01. The van der Waals surface area contributed by atoms with Gasteiger partial charge in [0.15, 0.2) is 0 Å². The zero-order valence-corrected chi connectivity index (χ0v) is 36.4. The second-order valence-corrected chi connectivity index (χ2v) is 17.4. The van der Waals surface area contributed by atoms with E-state index in [0.29, 0.717) is 16.7 Å². The molecule has 0 aliphatic heterocycles. The van der Waals surface area contributed by atoms with E-state index in [1.54, 1.807) is 6.07 Å². The van der Waals surface area contributed by atoms with Crippen molar-refractivity contribution in [3.63, 3.8) is 0 Å². The molecule has 4 aromatic heterocycles. The van der Waals surface area contributed by atoms with Gasteiger partial charge in [-0.3, -0.25) is 0 Å². The van der Waals surface area contributed by atoms with Crippen LogP contribution in [0.1, 0.15) is 11.1 Å². The minimum atomic E-state index is 0.498. The molecular weight excluding hydrogens is 831 g/mol. The summed E-state index contributed by atoms with van der Waals surface area (Å²) >= 11 is 0. The van der Waals surface area contributed by atoms with Gasteiger partial charge in [0.05, 0.1) is 56.0 Å². The van der Waals surface area contributed by atoms with Crippen molar-refractivity contribution in [3.8, 4) is 51.5 Å². The molecule has 14 rings (SSSR count). The van der Waals surface area contributed by atoms with Gasteiger partial charge in [-0.15, -0.1) is 0 Å². The van der Waals surface area contributed by atoms with Crippen LogP contribution in [0.5, 0.6) is 0 Å². The molecule has 0 radical (unpaired) electrons. The van der Waals surface area contributed by atoms with Crippen LogP contribution >= 0.6 is 0 Å². The van der Waals surface area contributed by atoms with E-state index in [4.69, 9.17) is 4.42 Å². The Morgan fingerprint density at radius 3 is 1.75 bits per heavy atom. The molecule has 10 aromatic carbocycles. The molecule has 0 fully saturated rings. The quantitative estimate of drug-likeness (QED) is 0.173. The van der Waals surface area contributed by atoms with Crippen LogP contribution in [0.15, 0.2) is 217 Å². The lowest BCUT2D eigenvalue weighted by Crippen LogP contribution is -2.02. The lowest BCUT2D eigenvalue weighted by molar-refractivity contribution is 0.669. The summed E-state index contributed by atoms with van der Waals surface area (Å²) in [4.78, 5) is 0. The minimum Gasteiger partial charge on any atom is -0.456 e. The molecule has 0 spiro atoms. The van der Waals surface area contributed by atoms with Gasteiger partial charge in [-0.25, -0.2) is 0 Å². The van der Waals surface area contributed by atoms with Crippen molar-refractivity contribution in [1.29, 1.82) is 10.5 Å². The van der Waals surface area contributed by atoms with E-state index in [-0.39, 0.29) is 0 Å². The van der Waals surface area contributed by atoms with Gasteiger partial charge in [-0.05, 0) is 66.7 Å². The van der Waals surface area contributed by atoms with Crippen LogP contribution in [0, 0.1) is 22.7 Å². The van der Waals surface area contributed by atoms with Gasteiger partial charge in [0, 0.05) is 82.8 Å². The number of fused-ring (bicyclic) bond motifs is 13. The zero-order valence-electron chi connectivity index (χ0n) is 36.4. The zero-order chi connectivity index (χ0) is 45.0. The highest BCUT2D eigenvalue weighted by molar-refractivity contribution is 6.26. The van der Waals surface area contributed by atoms with Gasteiger partial charge < -0.3 is 18.1 Å². The molecular formula is C62H35N5O. The molecule has 0 unspecified atom stereocenters. The predicted molar refractivity (Wildman–Crippen MR) is 277 cm³/mol. The number of benzene rings is 10. The Morgan fingerprint density at radius 1 is 0.338 bits per heavy atom. The minimum absolute atomic E-state index is 0.498. The van der Waals surface area contributed by atoms with Gasteiger partial charge in [0.25, 0.3) is 0 Å². The van der Waals surface area contributed by atoms with Crippen molar-refractivity contribution in [3.05, 3.63) is 223 Å². The fourth-order valence-electron chi connectivity index (χ4n) is 11.1. The van der Waals surface area contributed by atoms with E-state index in [1.165, 1.54) is 16.2 Å². The van der Waals surface area contributed by atoms with E-state index < -0.39 is 0 Å². The lowest BCUT2D eigenvalue weighted by atomic mass is 9.90. The van der Waals surface area contributed by atoms with E-state index in [0.717, 1.165) is 105 Å². The Morgan fingerprint density at radius 2 is 0.971 bits per heavy atom. The number of aromatic nitrogens is 3. The van der Waals surface area contributed by atoms with Gasteiger partial charge >= 0.3 is 0 Å². The van der Waals surface area contributed by atoms with E-state index in [2.05, 4.69) is 184 Å². The third-order valence-corrected chi connectivity index (χ3v) is 13.9. The number of rotatable bonds is 5. The van der Waals surface area contributed by atoms with Crippen LogP contribution in [0.2, 0.25) is 0 Å². The highest BCUT2D eigenvalue weighted by atomic mass is 16.3. The fraction of sp³-hybridized carbons (Fsp3) is 0. The second-order valence-electron chi connectivity index (χ2n) is 17.4. The number of furan rings is 1. The topological polar surface area (TPSA) is 75.5 Å². The van der Waals surface area contributed by atoms with Crippen molar-refractivity contribution in [2.45, 2.75) is 0 Å². The molecule has 314 valence electrons. The summed E-state index contributed by atoms with van der Waals surface area (Å²) in [7, 11) is 0. The van der Waals surface area contributed by atoms with Crippen LogP contribution in [0.3, 0.4) is 0 Å². The smallest absolute Gasteiger partial charge is 0.137 e. The van der Waals surface area contributed by atoms with Gasteiger partial charge in [-0.2, -0.15) is 10.5 Å². The summed E-state index contributed by atoms with van der Waals surface area (Å²) in [6, 6.07) is 78.8. The SMILES string of the molecule is N#Cc1ccccc1-c1cccc(-c2ccc(-n3c4ccccc4c4c3ccc3c5ccccc5n(-c5ccccc5)c34)cc2-n2c3ccccc3c3cc4c(cc32)oc2ccccc24)c1C#N. The van der Waals surface area contributed by atoms with Crippen molar-refractivity contribution in [2.24, 2.45) is 0 Å². The summed E-state index contributed by atoms with van der Waals surface area (Å²) in [6.45, 7) is 0. The molecule has 0 aliphatic carbocycles. The molecule has 0 bridgehead atoms. The summed E-state index contributed by atoms with van der Waals surface area (Å²) in [5, 5.41) is 30.4. The fourth-order valence-corrected chi connectivity index (χ4v) is 11.1. The van der Waals surface area contributed by atoms with E-state index in [1.807, 2.05) is 48.5 Å². The molecule has 4 heterocycles. The first kappa shape index (κ1) is 37.7. The number of hydrogen-bond donors (Lipinski definition) is 0. The number of nitrogens with zero attached hydrogens (tertiary/aromatic N) is 5. The van der Waals surface area contributed by atoms with Gasteiger partial charge in [0.2, 0.25) is 0 Å². The number of hydrogen-bond acceptors (Lipinski definition) is 3. The lowest BCUT2D eigenvalue weighted by Gasteiger charge is -2.19. The maximum Gasteiger partial charge on any atom is 0.137 e. The largest absolute Gasteiger partial charge is 0.456 e. The normalized spacial score (nSPS) is 11.8. The molecule has 0 amide bonds. The molecule has 0 aliphatic rings. The van der Waals surface area contributed by atoms with Crippen LogP contribution in [-0.2, 0) is 0 Å². The van der Waals surface area contributed by atoms with Crippen LogP contribution in [0.4, 0.5) is 0 Å². The molecule has 0 atom stereocenters. The highest BCUT2D eigenvalue weighted by Gasteiger charge is 2.25. The standard InChI is InChI=1S/C62H35N5O/c63-36-38-15-4-5-18-41(38)42-23-14-24-43(52(42)37-64)46-30-29-40(33-57(46)67-54-26-11-7-20-45(54)50-34-51-47-21-9-13-28-59(47)68-60(51)35-58(50)67)65-55-27-12-8-22-49(55)61-56(65)32-31-48-44-19-6-10-25-53(44)66(62(48)61)39-16-2-1-3-17-39/h1-35H. The Hall–Kier alpha value is -9.62. The predicted octanol–water partition coefficient (Wildman–Crippen LogP) is 16.0. The highest BCUT2D eigenvalue weighted by Crippen LogP contribution is 2.46. The Balaban J connectivity index is 1.11. The van der Waals surface area contributed by atoms with Gasteiger partial charge in [0.1, 0.15) is 17.2 Å². The monoisotopic (exact) mass is 865 g/mol. The first-order valence-electron chi connectivity index (χ1n) is 22.7. The Labute approximate surface area is 389 Å². The number of para-hydroxylation sites is 5. The average molecular weight is 866 g/mol. The molecule has 68 heavy (non-hydrogen) atoms. The summed E-state index contributed by atoms with van der Waals surface area (Å²) in [5.74, 6) is 0. The van der Waals surface area contributed by atoms with Crippen LogP contribution < -0.4 is 0 Å². The van der Waals surface area contributed by atoms with Crippen LogP contribution in [-0.4, -0.2) is 13.7 Å². The second kappa shape index (κ2) is 14.4. The number of nitriles is 2. The van der Waals surface area contributed by atoms with Crippen molar-refractivity contribution >= 4 is 87.4 Å². The van der Waals surface area contributed by atoms with Crippen molar-refractivity contribution in [1.82, 2.24) is 13.7 Å². The molecule has 6 nitrogen and oxygen atoms in total. The maximum absolute atomic E-state index is 11.2. The average Bonchev–Trinajstić information content (AvgIpc) is 4.14. The molecule has 0 saturated carbocycles. The van der Waals surface area contributed by atoms with Gasteiger partial charge in [-0.1, -0.05) is 140 Å². The third kappa shape index (κ3) is 5.26. The summed E-state index contributed by atoms with van der Waals surface area (Å²) in [6.07, 6.45) is 0. The first-order valence-corrected chi connectivity index (χ1v) is 22.7. The van der Waals surface area contributed by atoms with E-state index in [9.17, 15) is 10.5 Å². The molecule has 0 N–H and O–H groups in total. The maximum atomic E-state index is 11.2.